The first-order valence-electron chi connectivity index (χ1n) is 3.76. The molecule has 0 heterocycles. The summed E-state index contributed by atoms with van der Waals surface area (Å²) in [5, 5.41) is 0. The molecule has 0 saturated carbocycles. The Hall–Kier alpha value is -0.120. The monoisotopic (exact) mass is 146 g/mol. The zero-order chi connectivity index (χ0) is 7.82. The van der Waals surface area contributed by atoms with Crippen molar-refractivity contribution in [2.75, 3.05) is 33.8 Å². The molecule has 0 aliphatic rings. The summed E-state index contributed by atoms with van der Waals surface area (Å²) in [6.45, 7) is 4.76. The number of hydrogen-bond donors (Lipinski definition) is 1. The zero-order valence-corrected chi connectivity index (χ0v) is 7.18. The third-order valence-corrected chi connectivity index (χ3v) is 1.13. The van der Waals surface area contributed by atoms with E-state index in [2.05, 4.69) is 24.5 Å². The average molecular weight is 146 g/mol. The van der Waals surface area contributed by atoms with E-state index in [9.17, 15) is 0 Å². The fourth-order valence-electron chi connectivity index (χ4n) is 0.642. The molecule has 10 heavy (non-hydrogen) atoms. The lowest BCUT2D eigenvalue weighted by atomic mass is 10.4. The summed E-state index contributed by atoms with van der Waals surface area (Å²) >= 11 is 0. The maximum atomic E-state index is 4.95. The quantitative estimate of drug-likeness (QED) is 0.436. The molecule has 0 aliphatic carbocycles. The molecule has 3 heteroatoms. The third kappa shape index (κ3) is 7.88. The van der Waals surface area contributed by atoms with E-state index in [1.165, 1.54) is 0 Å². The Bertz CT molecular complexity index is 66.6. The van der Waals surface area contributed by atoms with E-state index in [-0.39, 0.29) is 0 Å². The first kappa shape index (κ1) is 9.88. The lowest BCUT2D eigenvalue weighted by Gasteiger charge is -2.08. The fraction of sp³-hybridized carbons (Fsp3) is 1.00. The van der Waals surface area contributed by atoms with Crippen LogP contribution in [0.25, 0.3) is 0 Å². The van der Waals surface area contributed by atoms with Crippen LogP contribution in [0.1, 0.15) is 13.3 Å². The number of hydroxylamine groups is 1. The highest BCUT2D eigenvalue weighted by Crippen LogP contribution is 1.79. The Balaban J connectivity index is 2.77. The van der Waals surface area contributed by atoms with Gasteiger partial charge in [0, 0.05) is 6.54 Å². The maximum absolute atomic E-state index is 4.95. The van der Waals surface area contributed by atoms with Gasteiger partial charge in [0.1, 0.15) is 0 Å². The van der Waals surface area contributed by atoms with Gasteiger partial charge in [-0.05, 0) is 34.0 Å². The van der Waals surface area contributed by atoms with E-state index >= 15 is 0 Å². The molecule has 0 rings (SSSR count). The summed E-state index contributed by atoms with van der Waals surface area (Å²) in [4.78, 5) is 7.11. The minimum absolute atomic E-state index is 0.738. The number of nitrogens with one attached hydrogen (secondary N) is 1. The molecule has 62 valence electrons. The van der Waals surface area contributed by atoms with E-state index in [1.807, 2.05) is 6.92 Å². The lowest BCUT2D eigenvalue weighted by Crippen LogP contribution is -2.21. The third-order valence-electron chi connectivity index (χ3n) is 1.13. The van der Waals surface area contributed by atoms with Crippen molar-refractivity contribution in [2.45, 2.75) is 13.3 Å². The second kappa shape index (κ2) is 6.99. The molecular weight excluding hydrogens is 128 g/mol. The highest BCUT2D eigenvalue weighted by molar-refractivity contribution is 4.43. The molecule has 0 saturated heterocycles. The van der Waals surface area contributed by atoms with Crippen LogP contribution in [0.5, 0.6) is 0 Å². The summed E-state index contributed by atoms with van der Waals surface area (Å²) < 4.78 is 0. The van der Waals surface area contributed by atoms with Crippen molar-refractivity contribution >= 4 is 0 Å². The van der Waals surface area contributed by atoms with Gasteiger partial charge < -0.3 is 9.74 Å². The van der Waals surface area contributed by atoms with Gasteiger partial charge in [-0.15, -0.1) is 0 Å². The van der Waals surface area contributed by atoms with Crippen LogP contribution in [-0.2, 0) is 4.84 Å². The molecular formula is C7H18N2O. The van der Waals surface area contributed by atoms with Crippen LogP contribution in [0.2, 0.25) is 0 Å². The Morgan fingerprint density at radius 3 is 2.60 bits per heavy atom. The average Bonchev–Trinajstić information content (AvgIpc) is 1.87. The number of nitrogens with zero attached hydrogens (tertiary/aromatic N) is 1. The summed E-state index contributed by atoms with van der Waals surface area (Å²) in [5.41, 5.74) is 2.86. The van der Waals surface area contributed by atoms with Crippen molar-refractivity contribution in [3.8, 4) is 0 Å². The van der Waals surface area contributed by atoms with Crippen molar-refractivity contribution in [2.24, 2.45) is 0 Å². The maximum Gasteiger partial charge on any atom is 0.0653 e. The molecule has 3 nitrogen and oxygen atoms in total. The molecule has 0 aliphatic heterocycles. The van der Waals surface area contributed by atoms with Gasteiger partial charge in [-0.2, -0.15) is 0 Å². The van der Waals surface area contributed by atoms with Crippen molar-refractivity contribution < 1.29 is 4.84 Å². The van der Waals surface area contributed by atoms with Crippen LogP contribution < -0.4 is 5.48 Å². The number of hydrogen-bond acceptors (Lipinski definition) is 3. The zero-order valence-electron chi connectivity index (χ0n) is 7.18. The van der Waals surface area contributed by atoms with Crippen LogP contribution in [0.3, 0.4) is 0 Å². The van der Waals surface area contributed by atoms with Crippen molar-refractivity contribution in [1.29, 1.82) is 0 Å². The highest BCUT2D eigenvalue weighted by atomic mass is 16.6. The topological polar surface area (TPSA) is 24.5 Å². The molecule has 1 N–H and O–H groups in total. The van der Waals surface area contributed by atoms with Gasteiger partial charge in [0.15, 0.2) is 0 Å². The van der Waals surface area contributed by atoms with Gasteiger partial charge in [0.2, 0.25) is 0 Å². The fourth-order valence-corrected chi connectivity index (χ4v) is 0.642. The second-order valence-electron chi connectivity index (χ2n) is 2.48. The molecule has 0 radical (unpaired) electrons. The predicted molar refractivity (Wildman–Crippen MR) is 42.8 cm³/mol. The van der Waals surface area contributed by atoms with E-state index in [0.29, 0.717) is 0 Å². The SMILES string of the molecule is CCONCCCN(C)C. The Morgan fingerprint density at radius 2 is 2.10 bits per heavy atom. The highest BCUT2D eigenvalue weighted by Gasteiger charge is 1.88. The van der Waals surface area contributed by atoms with Gasteiger partial charge in [-0.1, -0.05) is 0 Å². The molecule has 0 aromatic heterocycles. The molecule has 0 amide bonds. The van der Waals surface area contributed by atoms with Gasteiger partial charge in [-0.3, -0.25) is 0 Å². The summed E-state index contributed by atoms with van der Waals surface area (Å²) in [7, 11) is 4.14. The Morgan fingerprint density at radius 1 is 1.40 bits per heavy atom. The van der Waals surface area contributed by atoms with Crippen molar-refractivity contribution in [1.82, 2.24) is 10.4 Å². The van der Waals surface area contributed by atoms with Crippen molar-refractivity contribution in [3.05, 3.63) is 0 Å². The van der Waals surface area contributed by atoms with Gasteiger partial charge in [-0.25, -0.2) is 5.48 Å². The summed E-state index contributed by atoms with van der Waals surface area (Å²) in [6, 6.07) is 0. The largest absolute Gasteiger partial charge is 0.309 e. The van der Waals surface area contributed by atoms with Crippen LogP contribution in [0.15, 0.2) is 0 Å². The smallest absolute Gasteiger partial charge is 0.0653 e. The molecule has 0 fully saturated rings. The molecule has 0 aromatic rings. The predicted octanol–water partition coefficient (Wildman–Crippen LogP) is 0.479. The van der Waals surface area contributed by atoms with E-state index in [1.54, 1.807) is 0 Å². The van der Waals surface area contributed by atoms with Crippen LogP contribution >= 0.6 is 0 Å². The van der Waals surface area contributed by atoms with E-state index in [0.717, 1.165) is 26.1 Å². The summed E-state index contributed by atoms with van der Waals surface area (Å²) in [6.07, 6.45) is 1.13. The minimum atomic E-state index is 0.738. The first-order valence-corrected chi connectivity index (χ1v) is 3.76. The Kier molecular flexibility index (Phi) is 6.91. The second-order valence-corrected chi connectivity index (χ2v) is 2.48. The Labute approximate surface area is 63.3 Å². The normalized spacial score (nSPS) is 10.8. The van der Waals surface area contributed by atoms with Gasteiger partial charge in [0.05, 0.1) is 6.61 Å². The molecule has 0 spiro atoms. The lowest BCUT2D eigenvalue weighted by molar-refractivity contribution is 0.0494. The standard InChI is InChI=1S/C7H18N2O/c1-4-10-8-6-5-7-9(2)3/h8H,4-7H2,1-3H3. The number of rotatable bonds is 6. The van der Waals surface area contributed by atoms with Gasteiger partial charge >= 0.3 is 0 Å². The minimum Gasteiger partial charge on any atom is -0.309 e. The van der Waals surface area contributed by atoms with Crippen LogP contribution in [0.4, 0.5) is 0 Å². The first-order chi connectivity index (χ1) is 4.77. The molecule has 0 atom stereocenters. The summed E-state index contributed by atoms with van der Waals surface area (Å²) in [5.74, 6) is 0. The van der Waals surface area contributed by atoms with Crippen LogP contribution in [-0.4, -0.2) is 38.7 Å². The van der Waals surface area contributed by atoms with Crippen LogP contribution in [0, 0.1) is 0 Å². The van der Waals surface area contributed by atoms with Crippen molar-refractivity contribution in [3.63, 3.8) is 0 Å². The molecule has 0 unspecified atom stereocenters. The van der Waals surface area contributed by atoms with E-state index < -0.39 is 0 Å². The van der Waals surface area contributed by atoms with Gasteiger partial charge in [0.25, 0.3) is 0 Å². The molecule has 0 aromatic carbocycles. The van der Waals surface area contributed by atoms with E-state index in [4.69, 9.17) is 4.84 Å². The molecule has 0 bridgehead atoms.